The maximum atomic E-state index is 11.5. The smallest absolute Gasteiger partial charge is 0.309 e. The molecule has 0 aliphatic carbocycles. The van der Waals surface area contributed by atoms with Crippen LogP contribution < -0.4 is 0 Å². The van der Waals surface area contributed by atoms with Crippen molar-refractivity contribution in [2.75, 3.05) is 0 Å². The first-order valence-electron chi connectivity index (χ1n) is 5.17. The van der Waals surface area contributed by atoms with E-state index in [1.807, 2.05) is 20.8 Å². The normalized spacial score (nSPS) is 13.5. The van der Waals surface area contributed by atoms with Gasteiger partial charge in [-0.15, -0.1) is 0 Å². The summed E-state index contributed by atoms with van der Waals surface area (Å²) in [4.78, 5) is 11.5. The van der Waals surface area contributed by atoms with Gasteiger partial charge in [-0.1, -0.05) is 20.8 Å². The van der Waals surface area contributed by atoms with E-state index in [1.54, 1.807) is 0 Å². The topological polar surface area (TPSA) is 26.3 Å². The van der Waals surface area contributed by atoms with Gasteiger partial charge in [0.25, 0.3) is 0 Å². The number of hydrogen-bond donors (Lipinski definition) is 0. The SMILES string of the molecule is CC[C@@H](CC(C)C)C(=O)OC(C)C. The van der Waals surface area contributed by atoms with Gasteiger partial charge < -0.3 is 4.74 Å². The van der Waals surface area contributed by atoms with Crippen LogP contribution in [0.4, 0.5) is 0 Å². The Morgan fingerprint density at radius 3 is 2.08 bits per heavy atom. The number of carbonyl (C=O) groups excluding carboxylic acids is 1. The molecule has 78 valence electrons. The van der Waals surface area contributed by atoms with Crippen molar-refractivity contribution in [2.24, 2.45) is 11.8 Å². The lowest BCUT2D eigenvalue weighted by molar-refractivity contribution is -0.153. The van der Waals surface area contributed by atoms with Gasteiger partial charge in [-0.2, -0.15) is 0 Å². The van der Waals surface area contributed by atoms with Crippen LogP contribution in [0.5, 0.6) is 0 Å². The first kappa shape index (κ1) is 12.5. The molecule has 0 bridgehead atoms. The zero-order valence-corrected chi connectivity index (χ0v) is 9.46. The molecule has 0 N–H and O–H groups in total. The first-order chi connectivity index (χ1) is 5.97. The lowest BCUT2D eigenvalue weighted by Gasteiger charge is -2.17. The van der Waals surface area contributed by atoms with Crippen molar-refractivity contribution in [2.45, 2.75) is 53.6 Å². The molecule has 0 aliphatic rings. The van der Waals surface area contributed by atoms with Crippen LogP contribution in [0.1, 0.15) is 47.5 Å². The second kappa shape index (κ2) is 6.01. The molecule has 0 aromatic rings. The van der Waals surface area contributed by atoms with Crippen LogP contribution in [0.3, 0.4) is 0 Å². The van der Waals surface area contributed by atoms with Gasteiger partial charge >= 0.3 is 5.97 Å². The molecule has 0 aromatic carbocycles. The van der Waals surface area contributed by atoms with E-state index in [9.17, 15) is 4.79 Å². The Labute approximate surface area is 81.7 Å². The minimum atomic E-state index is -0.0359. The zero-order chi connectivity index (χ0) is 10.4. The Hall–Kier alpha value is -0.530. The third-order valence-corrected chi connectivity index (χ3v) is 1.93. The van der Waals surface area contributed by atoms with Gasteiger partial charge in [-0.3, -0.25) is 4.79 Å². The van der Waals surface area contributed by atoms with Crippen molar-refractivity contribution in [3.8, 4) is 0 Å². The van der Waals surface area contributed by atoms with Gasteiger partial charge in [0.15, 0.2) is 0 Å². The Bertz CT molecular complexity index is 150. The standard InChI is InChI=1S/C11H22O2/c1-6-10(7-8(2)3)11(12)13-9(4)5/h8-10H,6-7H2,1-5H3/t10-/m0/s1. The van der Waals surface area contributed by atoms with Crippen molar-refractivity contribution in [1.29, 1.82) is 0 Å². The van der Waals surface area contributed by atoms with E-state index in [2.05, 4.69) is 13.8 Å². The predicted molar refractivity (Wildman–Crippen MR) is 54.5 cm³/mol. The van der Waals surface area contributed by atoms with E-state index < -0.39 is 0 Å². The van der Waals surface area contributed by atoms with Gasteiger partial charge in [0.1, 0.15) is 0 Å². The Morgan fingerprint density at radius 1 is 1.23 bits per heavy atom. The lowest BCUT2D eigenvalue weighted by atomic mass is 9.95. The molecule has 13 heavy (non-hydrogen) atoms. The molecule has 0 unspecified atom stereocenters. The molecular formula is C11H22O2. The first-order valence-corrected chi connectivity index (χ1v) is 5.17. The summed E-state index contributed by atoms with van der Waals surface area (Å²) in [5, 5.41) is 0. The summed E-state index contributed by atoms with van der Waals surface area (Å²) in [5.74, 6) is 0.610. The highest BCUT2D eigenvalue weighted by Gasteiger charge is 2.19. The van der Waals surface area contributed by atoms with Crippen LogP contribution in [-0.2, 0) is 9.53 Å². The third kappa shape index (κ3) is 5.67. The fourth-order valence-electron chi connectivity index (χ4n) is 1.33. The average molecular weight is 186 g/mol. The van der Waals surface area contributed by atoms with Crippen molar-refractivity contribution in [1.82, 2.24) is 0 Å². The van der Waals surface area contributed by atoms with E-state index in [-0.39, 0.29) is 18.0 Å². The van der Waals surface area contributed by atoms with Crippen molar-refractivity contribution in [3.05, 3.63) is 0 Å². The molecule has 0 amide bonds. The average Bonchev–Trinajstić information content (AvgIpc) is 1.98. The highest BCUT2D eigenvalue weighted by molar-refractivity contribution is 5.72. The highest BCUT2D eigenvalue weighted by Crippen LogP contribution is 2.17. The summed E-state index contributed by atoms with van der Waals surface area (Å²) in [6.07, 6.45) is 1.82. The molecule has 0 saturated heterocycles. The molecule has 1 atom stereocenters. The molecule has 0 rings (SSSR count). The summed E-state index contributed by atoms with van der Waals surface area (Å²) in [6, 6.07) is 0. The Kier molecular flexibility index (Phi) is 5.76. The Morgan fingerprint density at radius 2 is 1.77 bits per heavy atom. The summed E-state index contributed by atoms with van der Waals surface area (Å²) in [7, 11) is 0. The van der Waals surface area contributed by atoms with Crippen LogP contribution in [0.25, 0.3) is 0 Å². The van der Waals surface area contributed by atoms with E-state index in [4.69, 9.17) is 4.74 Å². The van der Waals surface area contributed by atoms with Crippen LogP contribution in [0, 0.1) is 11.8 Å². The monoisotopic (exact) mass is 186 g/mol. The third-order valence-electron chi connectivity index (χ3n) is 1.93. The van der Waals surface area contributed by atoms with Crippen molar-refractivity contribution in [3.63, 3.8) is 0 Å². The van der Waals surface area contributed by atoms with E-state index in [0.29, 0.717) is 5.92 Å². The van der Waals surface area contributed by atoms with E-state index in [1.165, 1.54) is 0 Å². The fourth-order valence-corrected chi connectivity index (χ4v) is 1.33. The zero-order valence-electron chi connectivity index (χ0n) is 9.46. The molecule has 0 fully saturated rings. The highest BCUT2D eigenvalue weighted by atomic mass is 16.5. The molecule has 0 spiro atoms. The molecule has 0 aromatic heterocycles. The number of rotatable bonds is 5. The molecule has 0 radical (unpaired) electrons. The molecule has 0 saturated carbocycles. The van der Waals surface area contributed by atoms with Gasteiger partial charge in [0.05, 0.1) is 12.0 Å². The second-order valence-corrected chi connectivity index (χ2v) is 4.22. The summed E-state index contributed by atoms with van der Waals surface area (Å²) in [5.41, 5.74) is 0. The largest absolute Gasteiger partial charge is 0.463 e. The predicted octanol–water partition coefficient (Wildman–Crippen LogP) is 3.01. The minimum absolute atomic E-state index is 0.00807. The van der Waals surface area contributed by atoms with Crippen LogP contribution in [0.2, 0.25) is 0 Å². The quantitative estimate of drug-likeness (QED) is 0.617. The summed E-state index contributed by atoms with van der Waals surface area (Å²) >= 11 is 0. The maximum Gasteiger partial charge on any atom is 0.309 e. The number of esters is 1. The fraction of sp³-hybridized carbons (Fsp3) is 0.909. The van der Waals surface area contributed by atoms with Gasteiger partial charge in [0, 0.05) is 0 Å². The van der Waals surface area contributed by atoms with E-state index >= 15 is 0 Å². The molecule has 2 heteroatoms. The van der Waals surface area contributed by atoms with Gasteiger partial charge in [-0.25, -0.2) is 0 Å². The van der Waals surface area contributed by atoms with E-state index in [0.717, 1.165) is 12.8 Å². The maximum absolute atomic E-state index is 11.5. The Balaban J connectivity index is 3.99. The van der Waals surface area contributed by atoms with Gasteiger partial charge in [0.2, 0.25) is 0 Å². The number of hydrogen-bond acceptors (Lipinski definition) is 2. The van der Waals surface area contributed by atoms with Crippen LogP contribution in [0.15, 0.2) is 0 Å². The molecule has 0 aliphatic heterocycles. The summed E-state index contributed by atoms with van der Waals surface area (Å²) in [6.45, 7) is 10.1. The van der Waals surface area contributed by atoms with Crippen LogP contribution in [-0.4, -0.2) is 12.1 Å². The van der Waals surface area contributed by atoms with Crippen LogP contribution >= 0.6 is 0 Å². The lowest BCUT2D eigenvalue weighted by Crippen LogP contribution is -2.22. The van der Waals surface area contributed by atoms with Crippen molar-refractivity contribution >= 4 is 5.97 Å². The number of ether oxygens (including phenoxy) is 1. The van der Waals surface area contributed by atoms with Gasteiger partial charge in [-0.05, 0) is 32.6 Å². The van der Waals surface area contributed by atoms with Crippen molar-refractivity contribution < 1.29 is 9.53 Å². The minimum Gasteiger partial charge on any atom is -0.463 e. The summed E-state index contributed by atoms with van der Waals surface area (Å²) < 4.78 is 5.17. The second-order valence-electron chi connectivity index (χ2n) is 4.22. The number of carbonyl (C=O) groups is 1. The molecule has 0 heterocycles. The molecular weight excluding hydrogens is 164 g/mol. The molecule has 2 nitrogen and oxygen atoms in total.